The summed E-state index contributed by atoms with van der Waals surface area (Å²) in [6.07, 6.45) is 11.7. The van der Waals surface area contributed by atoms with Crippen LogP contribution in [-0.4, -0.2) is 24.3 Å². The summed E-state index contributed by atoms with van der Waals surface area (Å²) < 4.78 is 28.2. The molecule has 0 bridgehead atoms. The van der Waals surface area contributed by atoms with Crippen LogP contribution in [0.4, 0.5) is 8.78 Å². The molecular formula is C20H20F2N4. The van der Waals surface area contributed by atoms with Gasteiger partial charge in [-0.2, -0.15) is 0 Å². The molecule has 1 aliphatic carbocycles. The zero-order valence-corrected chi connectivity index (χ0v) is 14.1. The van der Waals surface area contributed by atoms with Gasteiger partial charge in [-0.05, 0) is 30.5 Å². The maximum Gasteiger partial charge on any atom is 0.158 e. The fourth-order valence-corrected chi connectivity index (χ4v) is 2.69. The topological polar surface area (TPSA) is 62.8 Å². The highest BCUT2D eigenvalue weighted by Crippen LogP contribution is 2.21. The van der Waals surface area contributed by atoms with Gasteiger partial charge in [-0.15, -0.1) is 0 Å². The SMILES string of the molecule is NC(=CC(=NCc1ccccc1F)C1C=CC=CC1F)C1N=CC=CN1. The normalized spacial score (nSPS) is 25.4. The molecule has 0 saturated carbocycles. The lowest BCUT2D eigenvalue weighted by atomic mass is 9.92. The van der Waals surface area contributed by atoms with Gasteiger partial charge in [-0.25, -0.2) is 8.78 Å². The zero-order valence-electron chi connectivity index (χ0n) is 14.1. The highest BCUT2D eigenvalue weighted by atomic mass is 19.1. The van der Waals surface area contributed by atoms with Crippen molar-refractivity contribution < 1.29 is 8.78 Å². The largest absolute Gasteiger partial charge is 0.399 e. The van der Waals surface area contributed by atoms with E-state index in [1.165, 1.54) is 12.1 Å². The Morgan fingerprint density at radius 1 is 1.23 bits per heavy atom. The molecule has 6 heteroatoms. The van der Waals surface area contributed by atoms with E-state index in [2.05, 4.69) is 15.3 Å². The molecule has 1 aromatic rings. The first-order valence-electron chi connectivity index (χ1n) is 8.33. The summed E-state index contributed by atoms with van der Waals surface area (Å²) in [5.74, 6) is -0.916. The molecule has 1 heterocycles. The number of rotatable bonds is 5. The van der Waals surface area contributed by atoms with Crippen molar-refractivity contribution in [3.8, 4) is 0 Å². The molecular weight excluding hydrogens is 334 g/mol. The van der Waals surface area contributed by atoms with Crippen LogP contribution < -0.4 is 11.1 Å². The van der Waals surface area contributed by atoms with Gasteiger partial charge in [-0.3, -0.25) is 9.98 Å². The Hall–Kier alpha value is -3.02. The summed E-state index contributed by atoms with van der Waals surface area (Å²) >= 11 is 0. The van der Waals surface area contributed by atoms with Gasteiger partial charge in [0.1, 0.15) is 12.0 Å². The second-order valence-electron chi connectivity index (χ2n) is 5.94. The lowest BCUT2D eigenvalue weighted by molar-refractivity contribution is 0.365. The lowest BCUT2D eigenvalue weighted by Gasteiger charge is -2.20. The van der Waals surface area contributed by atoms with Crippen LogP contribution in [0, 0.1) is 11.7 Å². The summed E-state index contributed by atoms with van der Waals surface area (Å²) in [6.45, 7) is 0.105. The zero-order chi connectivity index (χ0) is 18.4. The predicted molar refractivity (Wildman–Crippen MR) is 101 cm³/mol. The molecule has 3 N–H and O–H groups in total. The van der Waals surface area contributed by atoms with Crippen molar-refractivity contribution in [3.05, 3.63) is 84.0 Å². The molecule has 1 aliphatic heterocycles. The van der Waals surface area contributed by atoms with Gasteiger partial charge in [0.05, 0.1) is 18.2 Å². The van der Waals surface area contributed by atoms with Crippen molar-refractivity contribution in [1.82, 2.24) is 5.32 Å². The van der Waals surface area contributed by atoms with Gasteiger partial charge >= 0.3 is 0 Å². The first kappa shape index (κ1) is 17.8. The lowest BCUT2D eigenvalue weighted by Crippen LogP contribution is -2.32. The molecule has 3 atom stereocenters. The third-order valence-corrected chi connectivity index (χ3v) is 4.10. The van der Waals surface area contributed by atoms with Gasteiger partial charge < -0.3 is 11.1 Å². The highest BCUT2D eigenvalue weighted by Gasteiger charge is 2.23. The van der Waals surface area contributed by atoms with E-state index >= 15 is 0 Å². The molecule has 0 radical (unpaired) electrons. The Morgan fingerprint density at radius 2 is 2.04 bits per heavy atom. The molecule has 4 nitrogen and oxygen atoms in total. The van der Waals surface area contributed by atoms with Gasteiger partial charge in [-0.1, -0.05) is 36.4 Å². The number of benzene rings is 1. The molecule has 2 aliphatic rings. The van der Waals surface area contributed by atoms with Crippen LogP contribution >= 0.6 is 0 Å². The number of nitrogens with one attached hydrogen (secondary N) is 1. The quantitative estimate of drug-likeness (QED) is 0.798. The van der Waals surface area contributed by atoms with Gasteiger partial charge in [0.25, 0.3) is 0 Å². The summed E-state index contributed by atoms with van der Waals surface area (Å²) in [5, 5.41) is 3.01. The van der Waals surface area contributed by atoms with Gasteiger partial charge in [0.2, 0.25) is 0 Å². The van der Waals surface area contributed by atoms with Crippen LogP contribution in [0.2, 0.25) is 0 Å². The smallest absolute Gasteiger partial charge is 0.158 e. The summed E-state index contributed by atoms with van der Waals surface area (Å²) in [7, 11) is 0. The molecule has 26 heavy (non-hydrogen) atoms. The second-order valence-corrected chi connectivity index (χ2v) is 5.94. The Bertz CT molecular complexity index is 821. The van der Waals surface area contributed by atoms with Crippen LogP contribution in [0.15, 0.2) is 82.6 Å². The summed E-state index contributed by atoms with van der Waals surface area (Å²) in [5.41, 5.74) is 7.44. The molecule has 1 aromatic carbocycles. The molecule has 3 unspecified atom stereocenters. The number of nitrogens with zero attached hydrogens (tertiary/aromatic N) is 2. The molecule has 0 amide bonds. The Balaban J connectivity index is 1.88. The van der Waals surface area contributed by atoms with Crippen LogP contribution in [-0.2, 0) is 6.54 Å². The molecule has 0 aromatic heterocycles. The van der Waals surface area contributed by atoms with Crippen molar-refractivity contribution in [3.63, 3.8) is 0 Å². The Labute approximate surface area is 151 Å². The molecule has 0 spiro atoms. The van der Waals surface area contributed by atoms with Crippen molar-refractivity contribution in [2.24, 2.45) is 21.6 Å². The summed E-state index contributed by atoms with van der Waals surface area (Å²) in [4.78, 5) is 8.68. The number of hydrogen-bond acceptors (Lipinski definition) is 4. The van der Waals surface area contributed by atoms with Gasteiger partial charge in [0, 0.05) is 17.5 Å². The third kappa shape index (κ3) is 4.33. The first-order chi connectivity index (χ1) is 12.6. The standard InChI is InChI=1S/C20H20F2N4/c21-16-8-3-1-6-14(16)13-26-19(15-7-2-4-9-17(15)22)12-18(23)20-24-10-5-11-25-20/h1-12,15,17,20,24H,13,23H2. The number of alkyl halides is 1. The van der Waals surface area contributed by atoms with E-state index in [0.717, 1.165) is 0 Å². The minimum Gasteiger partial charge on any atom is -0.399 e. The van der Waals surface area contributed by atoms with Gasteiger partial charge in [0.15, 0.2) is 6.17 Å². The van der Waals surface area contributed by atoms with Crippen molar-refractivity contribution in [2.45, 2.75) is 18.9 Å². The van der Waals surface area contributed by atoms with Crippen LogP contribution in [0.3, 0.4) is 0 Å². The predicted octanol–water partition coefficient (Wildman–Crippen LogP) is 3.20. The average Bonchev–Trinajstić information content (AvgIpc) is 2.67. The third-order valence-electron chi connectivity index (χ3n) is 4.10. The molecule has 0 saturated heterocycles. The molecule has 134 valence electrons. The van der Waals surface area contributed by atoms with E-state index in [9.17, 15) is 8.78 Å². The van der Waals surface area contributed by atoms with Crippen molar-refractivity contribution in [1.29, 1.82) is 0 Å². The van der Waals surface area contributed by atoms with E-state index in [0.29, 0.717) is 17.0 Å². The highest BCUT2D eigenvalue weighted by molar-refractivity contribution is 5.99. The maximum absolute atomic E-state index is 14.4. The maximum atomic E-state index is 14.4. The number of nitrogens with two attached hydrogens (primary N) is 1. The Morgan fingerprint density at radius 3 is 2.77 bits per heavy atom. The first-order valence-corrected chi connectivity index (χ1v) is 8.33. The monoisotopic (exact) mass is 354 g/mol. The van der Waals surface area contributed by atoms with Crippen LogP contribution in [0.1, 0.15) is 5.56 Å². The minimum absolute atomic E-state index is 0.105. The number of hydrogen-bond donors (Lipinski definition) is 2. The van der Waals surface area contributed by atoms with E-state index in [-0.39, 0.29) is 12.4 Å². The van der Waals surface area contributed by atoms with Crippen molar-refractivity contribution >= 4 is 11.9 Å². The van der Waals surface area contributed by atoms with Crippen LogP contribution in [0.5, 0.6) is 0 Å². The van der Waals surface area contributed by atoms with E-state index in [1.54, 1.807) is 61.0 Å². The fraction of sp³-hybridized carbons (Fsp3) is 0.200. The number of allylic oxidation sites excluding steroid dienone is 6. The van der Waals surface area contributed by atoms with E-state index in [4.69, 9.17) is 5.73 Å². The van der Waals surface area contributed by atoms with Crippen LogP contribution in [0.25, 0.3) is 0 Å². The second kappa shape index (κ2) is 8.38. The molecule has 0 fully saturated rings. The minimum atomic E-state index is -1.22. The average molecular weight is 354 g/mol. The summed E-state index contributed by atoms with van der Waals surface area (Å²) in [6, 6.07) is 6.40. The van der Waals surface area contributed by atoms with E-state index in [1.807, 2.05) is 0 Å². The fourth-order valence-electron chi connectivity index (χ4n) is 2.69. The number of aliphatic imine (C=N–C) groups is 2. The van der Waals surface area contributed by atoms with E-state index < -0.39 is 18.3 Å². The number of halogens is 2. The Kier molecular flexibility index (Phi) is 5.73. The van der Waals surface area contributed by atoms with Crippen molar-refractivity contribution in [2.75, 3.05) is 0 Å². The molecule has 3 rings (SSSR count).